The largest absolute Gasteiger partial charge is 0.492 e. The molecule has 0 saturated heterocycles. The van der Waals surface area contributed by atoms with Crippen LogP contribution >= 0.6 is 11.6 Å². The Labute approximate surface area is 95.3 Å². The molecule has 3 nitrogen and oxygen atoms in total. The number of hydrazone groups is 1. The van der Waals surface area contributed by atoms with Crippen LogP contribution in [-0.2, 0) is 0 Å². The molecular weight excluding hydrogens is 212 g/mol. The van der Waals surface area contributed by atoms with E-state index in [1.54, 1.807) is 11.2 Å². The molecule has 0 saturated carbocycles. The van der Waals surface area contributed by atoms with Gasteiger partial charge in [-0.3, -0.25) is 0 Å². The summed E-state index contributed by atoms with van der Waals surface area (Å²) in [7, 11) is 3.74. The second kappa shape index (κ2) is 5.61. The lowest BCUT2D eigenvalue weighted by Gasteiger charge is -2.06. The molecule has 0 spiro atoms. The second-order valence-electron chi connectivity index (χ2n) is 3.21. The van der Waals surface area contributed by atoms with Gasteiger partial charge in [-0.2, -0.15) is 5.10 Å². The quantitative estimate of drug-likeness (QED) is 0.583. The van der Waals surface area contributed by atoms with Crippen LogP contribution in [0, 0.1) is 0 Å². The van der Waals surface area contributed by atoms with Gasteiger partial charge in [0, 0.05) is 14.1 Å². The fourth-order valence-corrected chi connectivity index (χ4v) is 1.30. The third kappa shape index (κ3) is 3.80. The number of rotatable bonds is 4. The minimum absolute atomic E-state index is 0.611. The van der Waals surface area contributed by atoms with E-state index in [4.69, 9.17) is 16.3 Å². The van der Waals surface area contributed by atoms with Gasteiger partial charge >= 0.3 is 0 Å². The summed E-state index contributed by atoms with van der Waals surface area (Å²) in [5.74, 6) is 0.709. The number of halogens is 1. The molecule has 0 N–H and O–H groups in total. The van der Waals surface area contributed by atoms with Crippen molar-refractivity contribution in [2.75, 3.05) is 20.7 Å². The Hall–Kier alpha value is -1.22. The molecule has 0 aliphatic rings. The number of nitrogens with zero attached hydrogens (tertiary/aromatic N) is 2. The topological polar surface area (TPSA) is 24.8 Å². The zero-order chi connectivity index (χ0) is 11.3. The van der Waals surface area contributed by atoms with E-state index in [-0.39, 0.29) is 0 Å². The Morgan fingerprint density at radius 1 is 1.47 bits per heavy atom. The summed E-state index contributed by atoms with van der Waals surface area (Å²) in [5, 5.41) is 6.46. The van der Waals surface area contributed by atoms with Crippen molar-refractivity contribution in [2.45, 2.75) is 6.92 Å². The van der Waals surface area contributed by atoms with Crippen LogP contribution in [0.25, 0.3) is 0 Å². The highest BCUT2D eigenvalue weighted by atomic mass is 35.5. The molecule has 82 valence electrons. The fourth-order valence-electron chi connectivity index (χ4n) is 1.05. The summed E-state index contributed by atoms with van der Waals surface area (Å²) in [6.45, 7) is 2.54. The average Bonchev–Trinajstić information content (AvgIpc) is 2.19. The van der Waals surface area contributed by atoms with Crippen LogP contribution in [0.2, 0.25) is 5.02 Å². The van der Waals surface area contributed by atoms with E-state index in [0.717, 1.165) is 5.56 Å². The molecular formula is C11H15ClN2O. The van der Waals surface area contributed by atoms with Crippen LogP contribution in [0.3, 0.4) is 0 Å². The van der Waals surface area contributed by atoms with Crippen LogP contribution in [0.15, 0.2) is 23.3 Å². The molecule has 15 heavy (non-hydrogen) atoms. The summed E-state index contributed by atoms with van der Waals surface area (Å²) >= 11 is 6.02. The molecule has 0 bridgehead atoms. The van der Waals surface area contributed by atoms with E-state index in [1.807, 2.05) is 39.2 Å². The van der Waals surface area contributed by atoms with E-state index in [9.17, 15) is 0 Å². The van der Waals surface area contributed by atoms with Gasteiger partial charge in [0.15, 0.2) is 0 Å². The number of hydrogen-bond acceptors (Lipinski definition) is 3. The summed E-state index contributed by atoms with van der Waals surface area (Å²) in [5.41, 5.74) is 0.956. The lowest BCUT2D eigenvalue weighted by molar-refractivity contribution is 0.340. The zero-order valence-corrected chi connectivity index (χ0v) is 9.95. The summed E-state index contributed by atoms with van der Waals surface area (Å²) in [6.07, 6.45) is 1.75. The summed E-state index contributed by atoms with van der Waals surface area (Å²) in [4.78, 5) is 0. The Balaban J connectivity index is 2.82. The van der Waals surface area contributed by atoms with Gasteiger partial charge in [-0.15, -0.1) is 0 Å². The Morgan fingerprint density at radius 2 is 2.20 bits per heavy atom. The smallest absolute Gasteiger partial charge is 0.137 e. The van der Waals surface area contributed by atoms with Gasteiger partial charge in [-0.05, 0) is 30.7 Å². The highest BCUT2D eigenvalue weighted by Gasteiger charge is 2.00. The van der Waals surface area contributed by atoms with Crippen molar-refractivity contribution in [1.82, 2.24) is 5.01 Å². The molecule has 0 aliphatic carbocycles. The molecule has 1 aromatic rings. The average molecular weight is 227 g/mol. The second-order valence-corrected chi connectivity index (χ2v) is 3.62. The van der Waals surface area contributed by atoms with Gasteiger partial charge in [0.1, 0.15) is 5.75 Å². The number of ether oxygens (including phenoxy) is 1. The van der Waals surface area contributed by atoms with Gasteiger partial charge in [-0.25, -0.2) is 0 Å². The standard InChI is InChI=1S/C11H15ClN2O/c1-4-15-11-6-5-9(7-10(11)12)8-13-14(2)3/h5-8H,4H2,1-3H3/b13-8+. The molecule has 0 amide bonds. The monoisotopic (exact) mass is 226 g/mol. The van der Waals surface area contributed by atoms with E-state index < -0.39 is 0 Å². The third-order valence-corrected chi connectivity index (χ3v) is 1.99. The lowest BCUT2D eigenvalue weighted by Crippen LogP contribution is -2.02. The van der Waals surface area contributed by atoms with Gasteiger partial charge in [0.25, 0.3) is 0 Å². The van der Waals surface area contributed by atoms with Crippen molar-refractivity contribution < 1.29 is 4.74 Å². The van der Waals surface area contributed by atoms with Gasteiger partial charge in [0.05, 0.1) is 17.8 Å². The molecule has 0 fully saturated rings. The first kappa shape index (κ1) is 11.9. The molecule has 0 unspecified atom stereocenters. The maximum atomic E-state index is 6.02. The van der Waals surface area contributed by atoms with Crippen LogP contribution < -0.4 is 4.74 Å². The van der Waals surface area contributed by atoms with Crippen molar-refractivity contribution in [3.05, 3.63) is 28.8 Å². The highest BCUT2D eigenvalue weighted by molar-refractivity contribution is 6.32. The first-order valence-corrected chi connectivity index (χ1v) is 5.15. The zero-order valence-electron chi connectivity index (χ0n) is 9.20. The van der Waals surface area contributed by atoms with Crippen LogP contribution in [0.4, 0.5) is 0 Å². The van der Waals surface area contributed by atoms with E-state index in [2.05, 4.69) is 5.10 Å². The number of benzene rings is 1. The molecule has 0 radical (unpaired) electrons. The first-order chi connectivity index (χ1) is 7.13. The van der Waals surface area contributed by atoms with Gasteiger partial charge in [0.2, 0.25) is 0 Å². The Morgan fingerprint density at radius 3 is 2.73 bits per heavy atom. The minimum Gasteiger partial charge on any atom is -0.492 e. The lowest BCUT2D eigenvalue weighted by atomic mass is 10.2. The molecule has 0 atom stereocenters. The van der Waals surface area contributed by atoms with Gasteiger partial charge < -0.3 is 9.75 Å². The molecule has 1 aromatic carbocycles. The van der Waals surface area contributed by atoms with Crippen LogP contribution in [-0.4, -0.2) is 31.9 Å². The molecule has 0 heterocycles. The molecule has 1 rings (SSSR count). The SMILES string of the molecule is CCOc1ccc(/C=N/N(C)C)cc1Cl. The van der Waals surface area contributed by atoms with Crippen LogP contribution in [0.1, 0.15) is 12.5 Å². The third-order valence-electron chi connectivity index (χ3n) is 1.69. The Kier molecular flexibility index (Phi) is 4.43. The number of hydrogen-bond donors (Lipinski definition) is 0. The molecule has 0 aliphatic heterocycles. The van der Waals surface area contributed by atoms with Crippen molar-refractivity contribution in [3.8, 4) is 5.75 Å². The fraction of sp³-hybridized carbons (Fsp3) is 0.364. The van der Waals surface area contributed by atoms with E-state index >= 15 is 0 Å². The predicted molar refractivity (Wildman–Crippen MR) is 63.9 cm³/mol. The van der Waals surface area contributed by atoms with Gasteiger partial charge in [-0.1, -0.05) is 11.6 Å². The molecule has 4 heteroatoms. The maximum Gasteiger partial charge on any atom is 0.137 e. The minimum atomic E-state index is 0.611. The Bertz CT molecular complexity index is 350. The van der Waals surface area contributed by atoms with Crippen molar-refractivity contribution in [2.24, 2.45) is 5.10 Å². The first-order valence-electron chi connectivity index (χ1n) is 4.77. The van der Waals surface area contributed by atoms with Crippen LogP contribution in [0.5, 0.6) is 5.75 Å². The normalized spacial score (nSPS) is 10.7. The highest BCUT2D eigenvalue weighted by Crippen LogP contribution is 2.24. The van der Waals surface area contributed by atoms with E-state index in [1.165, 1.54) is 0 Å². The summed E-state index contributed by atoms with van der Waals surface area (Å²) in [6, 6.07) is 5.60. The van der Waals surface area contributed by atoms with Crippen molar-refractivity contribution in [3.63, 3.8) is 0 Å². The van der Waals surface area contributed by atoms with Crippen molar-refractivity contribution >= 4 is 17.8 Å². The maximum absolute atomic E-state index is 6.02. The summed E-state index contributed by atoms with van der Waals surface area (Å²) < 4.78 is 5.33. The molecule has 0 aromatic heterocycles. The van der Waals surface area contributed by atoms with E-state index in [0.29, 0.717) is 17.4 Å². The predicted octanol–water partition coefficient (Wildman–Crippen LogP) is 2.63. The van der Waals surface area contributed by atoms with Crippen molar-refractivity contribution in [1.29, 1.82) is 0 Å².